The molecule has 1 N–H and O–H groups in total. The van der Waals surface area contributed by atoms with E-state index in [-0.39, 0.29) is 6.42 Å². The zero-order valence-electron chi connectivity index (χ0n) is 9.71. The van der Waals surface area contributed by atoms with Gasteiger partial charge in [-0.2, -0.15) is 0 Å². The average Bonchev–Trinajstić information content (AvgIpc) is 2.69. The predicted octanol–water partition coefficient (Wildman–Crippen LogP) is 1.51. The van der Waals surface area contributed by atoms with Crippen LogP contribution in [0.25, 0.3) is 5.69 Å². The highest BCUT2D eigenvalue weighted by Gasteiger charge is 2.10. The number of rotatable bonds is 3. The molecule has 0 saturated heterocycles. The van der Waals surface area contributed by atoms with Crippen molar-refractivity contribution in [2.24, 2.45) is 0 Å². The molecule has 0 saturated carbocycles. The molecule has 0 bridgehead atoms. The van der Waals surface area contributed by atoms with Crippen LogP contribution in [0.3, 0.4) is 0 Å². The lowest BCUT2D eigenvalue weighted by molar-refractivity contribution is -0.136. The summed E-state index contributed by atoms with van der Waals surface area (Å²) in [6, 6.07) is 5.86. The van der Waals surface area contributed by atoms with Crippen molar-refractivity contribution in [3.05, 3.63) is 41.2 Å². The third kappa shape index (κ3) is 2.33. The second-order valence-corrected chi connectivity index (χ2v) is 3.98. The van der Waals surface area contributed by atoms with E-state index in [1.165, 1.54) is 11.8 Å². The second kappa shape index (κ2) is 4.37. The second-order valence-electron chi connectivity index (χ2n) is 3.98. The van der Waals surface area contributed by atoms with Gasteiger partial charge in [0.15, 0.2) is 0 Å². The maximum atomic E-state index is 10.7. The van der Waals surface area contributed by atoms with E-state index in [2.05, 4.69) is 10.3 Å². The first-order valence-corrected chi connectivity index (χ1v) is 5.27. The van der Waals surface area contributed by atoms with Gasteiger partial charge >= 0.3 is 5.97 Å². The number of carboxylic acids is 1. The summed E-state index contributed by atoms with van der Waals surface area (Å²) in [5.41, 5.74) is 3.73. The van der Waals surface area contributed by atoms with Gasteiger partial charge in [-0.3, -0.25) is 4.79 Å². The Morgan fingerprint density at radius 1 is 1.35 bits per heavy atom. The van der Waals surface area contributed by atoms with Gasteiger partial charge in [0.2, 0.25) is 0 Å². The largest absolute Gasteiger partial charge is 0.481 e. The quantitative estimate of drug-likeness (QED) is 0.869. The Hall–Kier alpha value is -2.17. The van der Waals surface area contributed by atoms with E-state index in [9.17, 15) is 4.79 Å². The van der Waals surface area contributed by atoms with Gasteiger partial charge in [0.05, 0.1) is 24.0 Å². The van der Waals surface area contributed by atoms with Crippen LogP contribution in [-0.2, 0) is 11.2 Å². The normalized spacial score (nSPS) is 10.5. The Bertz CT molecular complexity index is 561. The Morgan fingerprint density at radius 3 is 2.76 bits per heavy atom. The fraction of sp³-hybridized carbons (Fsp3) is 0.250. The summed E-state index contributed by atoms with van der Waals surface area (Å²) in [7, 11) is 0. The first-order chi connectivity index (χ1) is 8.08. The molecule has 0 aliphatic carbocycles. The van der Waals surface area contributed by atoms with Gasteiger partial charge in [0.25, 0.3) is 0 Å². The van der Waals surface area contributed by atoms with Crippen molar-refractivity contribution in [3.63, 3.8) is 0 Å². The minimum absolute atomic E-state index is 0.0834. The maximum Gasteiger partial charge on any atom is 0.309 e. The Labute approximate surface area is 98.7 Å². The number of hydrogen-bond donors (Lipinski definition) is 1. The van der Waals surface area contributed by atoms with Gasteiger partial charge in [-0.05, 0) is 37.1 Å². The van der Waals surface area contributed by atoms with Crippen LogP contribution in [0.1, 0.15) is 16.8 Å². The lowest BCUT2D eigenvalue weighted by atomic mass is 10.1. The Kier molecular flexibility index (Phi) is 2.91. The summed E-state index contributed by atoms with van der Waals surface area (Å²) < 4.78 is 1.56. The molecule has 0 unspecified atom stereocenters. The number of aliphatic carboxylic acids is 1. The first kappa shape index (κ1) is 11.3. The van der Waals surface area contributed by atoms with Crippen LogP contribution in [0.4, 0.5) is 0 Å². The number of carbonyl (C=O) groups is 1. The van der Waals surface area contributed by atoms with E-state index >= 15 is 0 Å². The third-order valence-electron chi connectivity index (χ3n) is 2.69. The Morgan fingerprint density at radius 2 is 2.12 bits per heavy atom. The van der Waals surface area contributed by atoms with Crippen molar-refractivity contribution in [3.8, 4) is 5.69 Å². The van der Waals surface area contributed by atoms with Gasteiger partial charge in [-0.25, -0.2) is 4.68 Å². The van der Waals surface area contributed by atoms with Gasteiger partial charge in [0.1, 0.15) is 0 Å². The molecule has 2 aromatic rings. The van der Waals surface area contributed by atoms with Crippen LogP contribution < -0.4 is 0 Å². The molecule has 0 atom stereocenters. The van der Waals surface area contributed by atoms with Crippen molar-refractivity contribution in [2.45, 2.75) is 20.3 Å². The van der Waals surface area contributed by atoms with Crippen LogP contribution >= 0.6 is 0 Å². The topological polar surface area (TPSA) is 68.0 Å². The van der Waals surface area contributed by atoms with Gasteiger partial charge in [0, 0.05) is 0 Å². The molecule has 5 nitrogen and oxygen atoms in total. The summed E-state index contributed by atoms with van der Waals surface area (Å²) in [5.74, 6) is -0.891. The number of aromatic nitrogens is 3. The van der Waals surface area contributed by atoms with Crippen molar-refractivity contribution in [1.29, 1.82) is 0 Å². The number of hydrogen-bond acceptors (Lipinski definition) is 3. The van der Waals surface area contributed by atoms with E-state index in [0.717, 1.165) is 11.3 Å². The highest BCUT2D eigenvalue weighted by Crippen LogP contribution is 2.14. The zero-order chi connectivity index (χ0) is 12.4. The summed E-state index contributed by atoms with van der Waals surface area (Å²) in [6.45, 7) is 4.03. The molecule has 17 heavy (non-hydrogen) atoms. The van der Waals surface area contributed by atoms with Crippen LogP contribution in [0.5, 0.6) is 0 Å². The summed E-state index contributed by atoms with van der Waals surface area (Å²) in [6.07, 6.45) is 1.39. The summed E-state index contributed by atoms with van der Waals surface area (Å²) in [5, 5.41) is 16.5. The van der Waals surface area contributed by atoms with Crippen molar-refractivity contribution in [2.75, 3.05) is 0 Å². The Balaban J connectivity index is 2.42. The van der Waals surface area contributed by atoms with Gasteiger partial charge in [-0.15, -0.1) is 5.10 Å². The first-order valence-electron chi connectivity index (χ1n) is 5.27. The summed E-state index contributed by atoms with van der Waals surface area (Å²) in [4.78, 5) is 10.7. The molecule has 0 amide bonds. The molecule has 0 aliphatic heterocycles. The fourth-order valence-corrected chi connectivity index (χ4v) is 1.61. The molecule has 0 radical (unpaired) electrons. The molecule has 1 aromatic carbocycles. The molecule has 0 spiro atoms. The smallest absolute Gasteiger partial charge is 0.309 e. The molecule has 2 rings (SSSR count). The van der Waals surface area contributed by atoms with E-state index in [0.29, 0.717) is 5.69 Å². The molecule has 0 fully saturated rings. The van der Waals surface area contributed by atoms with Crippen LogP contribution in [0.15, 0.2) is 24.4 Å². The molecular formula is C12H13N3O2. The average molecular weight is 231 g/mol. The molecule has 1 heterocycles. The molecule has 1 aromatic heterocycles. The van der Waals surface area contributed by atoms with Crippen molar-refractivity contribution in [1.82, 2.24) is 15.0 Å². The standard InChI is InChI=1S/C12H13N3O2/c1-8-3-4-10(5-9(8)2)15-11(6-12(16)17)7-13-14-15/h3-5,7H,6H2,1-2H3,(H,16,17). The SMILES string of the molecule is Cc1ccc(-n2nncc2CC(=O)O)cc1C. The maximum absolute atomic E-state index is 10.7. The van der Waals surface area contributed by atoms with E-state index < -0.39 is 5.97 Å². The van der Waals surface area contributed by atoms with E-state index in [4.69, 9.17) is 5.11 Å². The number of aryl methyl sites for hydroxylation is 2. The van der Waals surface area contributed by atoms with Crippen LogP contribution in [0.2, 0.25) is 0 Å². The molecule has 0 aliphatic rings. The molecule has 88 valence electrons. The van der Waals surface area contributed by atoms with Crippen LogP contribution in [0, 0.1) is 13.8 Å². The fourth-order valence-electron chi connectivity index (χ4n) is 1.61. The van der Waals surface area contributed by atoms with Crippen molar-refractivity contribution < 1.29 is 9.90 Å². The predicted molar refractivity (Wildman–Crippen MR) is 62.2 cm³/mol. The number of carboxylic acid groups (broad SMARTS) is 1. The monoisotopic (exact) mass is 231 g/mol. The zero-order valence-corrected chi connectivity index (χ0v) is 9.71. The lowest BCUT2D eigenvalue weighted by Gasteiger charge is -2.07. The van der Waals surface area contributed by atoms with Gasteiger partial charge in [-0.1, -0.05) is 11.3 Å². The van der Waals surface area contributed by atoms with Gasteiger partial charge < -0.3 is 5.11 Å². The highest BCUT2D eigenvalue weighted by molar-refractivity contribution is 5.69. The highest BCUT2D eigenvalue weighted by atomic mass is 16.4. The van der Waals surface area contributed by atoms with E-state index in [1.807, 2.05) is 32.0 Å². The minimum atomic E-state index is -0.891. The minimum Gasteiger partial charge on any atom is -0.481 e. The molecular weight excluding hydrogens is 218 g/mol. The third-order valence-corrected chi connectivity index (χ3v) is 2.69. The van der Waals surface area contributed by atoms with Crippen LogP contribution in [-0.4, -0.2) is 26.1 Å². The summed E-state index contributed by atoms with van der Waals surface area (Å²) >= 11 is 0. The number of nitrogens with zero attached hydrogens (tertiary/aromatic N) is 3. The lowest BCUT2D eigenvalue weighted by Crippen LogP contribution is -2.08. The molecule has 5 heteroatoms. The van der Waals surface area contributed by atoms with Crippen molar-refractivity contribution >= 4 is 5.97 Å². The number of benzene rings is 1. The van der Waals surface area contributed by atoms with E-state index in [1.54, 1.807) is 4.68 Å².